The minimum absolute atomic E-state index is 0.489. The average molecular weight is 294 g/mol. The summed E-state index contributed by atoms with van der Waals surface area (Å²) >= 11 is 0. The number of aryl methyl sites for hydroxylation is 1. The summed E-state index contributed by atoms with van der Waals surface area (Å²) in [5, 5.41) is 17.1. The van der Waals surface area contributed by atoms with Crippen molar-refractivity contribution in [1.29, 1.82) is 0 Å². The highest BCUT2D eigenvalue weighted by atomic mass is 16.5. The van der Waals surface area contributed by atoms with Crippen molar-refractivity contribution in [3.8, 4) is 0 Å². The SMILES string of the molecule is CCNc1nc(CC)nc(NCC2(O)CCOCC2)c1C. The van der Waals surface area contributed by atoms with Gasteiger partial charge in [-0.1, -0.05) is 6.92 Å². The number of hydrogen-bond donors (Lipinski definition) is 3. The number of hydrogen-bond acceptors (Lipinski definition) is 6. The van der Waals surface area contributed by atoms with Crippen molar-refractivity contribution in [3.05, 3.63) is 11.4 Å². The first-order valence-corrected chi connectivity index (χ1v) is 7.73. The lowest BCUT2D eigenvalue weighted by Crippen LogP contribution is -2.42. The van der Waals surface area contributed by atoms with Crippen molar-refractivity contribution in [2.24, 2.45) is 0 Å². The lowest BCUT2D eigenvalue weighted by atomic mass is 9.94. The maximum absolute atomic E-state index is 10.5. The van der Waals surface area contributed by atoms with E-state index >= 15 is 0 Å². The highest BCUT2D eigenvalue weighted by molar-refractivity contribution is 5.57. The number of anilines is 2. The molecule has 0 spiro atoms. The van der Waals surface area contributed by atoms with E-state index in [1.165, 1.54) is 0 Å². The molecule has 0 saturated carbocycles. The van der Waals surface area contributed by atoms with Crippen LogP contribution in [0.15, 0.2) is 0 Å². The maximum Gasteiger partial charge on any atom is 0.134 e. The van der Waals surface area contributed by atoms with Gasteiger partial charge in [-0.25, -0.2) is 9.97 Å². The Bertz CT molecular complexity index is 473. The van der Waals surface area contributed by atoms with Gasteiger partial charge in [0.1, 0.15) is 17.5 Å². The largest absolute Gasteiger partial charge is 0.388 e. The summed E-state index contributed by atoms with van der Waals surface area (Å²) in [5.41, 5.74) is 0.283. The smallest absolute Gasteiger partial charge is 0.134 e. The summed E-state index contributed by atoms with van der Waals surface area (Å²) in [6.45, 7) is 8.62. The molecule has 1 aliphatic heterocycles. The van der Waals surface area contributed by atoms with Crippen LogP contribution in [-0.2, 0) is 11.2 Å². The zero-order valence-electron chi connectivity index (χ0n) is 13.2. The third-order valence-corrected chi connectivity index (χ3v) is 3.86. The monoisotopic (exact) mass is 294 g/mol. The average Bonchev–Trinajstić information content (AvgIpc) is 2.49. The van der Waals surface area contributed by atoms with Crippen molar-refractivity contribution in [2.75, 3.05) is 36.9 Å². The predicted molar refractivity (Wildman–Crippen MR) is 83.8 cm³/mol. The van der Waals surface area contributed by atoms with Crippen LogP contribution < -0.4 is 10.6 Å². The highest BCUT2D eigenvalue weighted by Gasteiger charge is 2.29. The normalized spacial score (nSPS) is 17.5. The Morgan fingerprint density at radius 3 is 2.33 bits per heavy atom. The molecule has 0 aromatic carbocycles. The van der Waals surface area contributed by atoms with E-state index in [2.05, 4.69) is 20.6 Å². The van der Waals surface area contributed by atoms with Crippen LogP contribution in [0.2, 0.25) is 0 Å². The summed E-state index contributed by atoms with van der Waals surface area (Å²) in [6, 6.07) is 0. The van der Waals surface area contributed by atoms with Gasteiger partial charge in [0.2, 0.25) is 0 Å². The topological polar surface area (TPSA) is 79.3 Å². The molecule has 0 bridgehead atoms. The summed E-state index contributed by atoms with van der Waals surface area (Å²) in [7, 11) is 0. The Morgan fingerprint density at radius 2 is 1.76 bits per heavy atom. The Labute approximate surface area is 126 Å². The fourth-order valence-corrected chi connectivity index (χ4v) is 2.41. The van der Waals surface area contributed by atoms with Gasteiger partial charge < -0.3 is 20.5 Å². The number of nitrogens with one attached hydrogen (secondary N) is 2. The molecule has 0 amide bonds. The molecule has 0 aliphatic carbocycles. The zero-order valence-corrected chi connectivity index (χ0v) is 13.2. The van der Waals surface area contributed by atoms with Crippen molar-refractivity contribution < 1.29 is 9.84 Å². The number of aliphatic hydroxyl groups is 1. The molecular weight excluding hydrogens is 268 g/mol. The fourth-order valence-electron chi connectivity index (χ4n) is 2.41. The van der Waals surface area contributed by atoms with E-state index in [1.54, 1.807) is 0 Å². The molecule has 2 heterocycles. The number of ether oxygens (including phenoxy) is 1. The quantitative estimate of drug-likeness (QED) is 0.741. The molecule has 1 aromatic rings. The zero-order chi connectivity index (χ0) is 15.3. The van der Waals surface area contributed by atoms with E-state index in [0.29, 0.717) is 32.6 Å². The van der Waals surface area contributed by atoms with Crippen LogP contribution in [-0.4, -0.2) is 47.0 Å². The van der Waals surface area contributed by atoms with Crippen LogP contribution in [0.1, 0.15) is 38.1 Å². The molecule has 2 rings (SSSR count). The minimum Gasteiger partial charge on any atom is -0.388 e. The summed E-state index contributed by atoms with van der Waals surface area (Å²) in [4.78, 5) is 9.05. The fraction of sp³-hybridized carbons (Fsp3) is 0.733. The standard InChI is InChI=1S/C15H26N4O2/c1-4-12-18-13(16-5-2)11(3)14(19-12)17-10-15(20)6-8-21-9-7-15/h20H,4-10H2,1-3H3,(H2,16,17,18,19). The van der Waals surface area contributed by atoms with Crippen molar-refractivity contribution in [3.63, 3.8) is 0 Å². The van der Waals surface area contributed by atoms with Gasteiger partial charge in [0.05, 0.1) is 5.60 Å². The molecule has 118 valence electrons. The van der Waals surface area contributed by atoms with Crippen molar-refractivity contribution >= 4 is 11.6 Å². The lowest BCUT2D eigenvalue weighted by Gasteiger charge is -2.32. The molecule has 0 unspecified atom stereocenters. The molecule has 0 radical (unpaired) electrons. The van der Waals surface area contributed by atoms with Gasteiger partial charge in [0.25, 0.3) is 0 Å². The molecule has 1 aliphatic rings. The Hall–Kier alpha value is -1.40. The Kier molecular flexibility index (Phi) is 5.36. The van der Waals surface area contributed by atoms with Gasteiger partial charge in [-0.3, -0.25) is 0 Å². The summed E-state index contributed by atoms with van der Waals surface area (Å²) in [6.07, 6.45) is 2.10. The first-order chi connectivity index (χ1) is 10.1. The lowest BCUT2D eigenvalue weighted by molar-refractivity contribution is -0.0543. The van der Waals surface area contributed by atoms with Gasteiger partial charge in [0.15, 0.2) is 0 Å². The van der Waals surface area contributed by atoms with E-state index < -0.39 is 5.60 Å². The highest BCUT2D eigenvalue weighted by Crippen LogP contribution is 2.24. The second-order valence-electron chi connectivity index (χ2n) is 5.54. The molecule has 1 saturated heterocycles. The molecular formula is C15H26N4O2. The number of nitrogens with zero attached hydrogens (tertiary/aromatic N) is 2. The van der Waals surface area contributed by atoms with E-state index in [4.69, 9.17) is 4.74 Å². The summed E-state index contributed by atoms with van der Waals surface area (Å²) in [5.74, 6) is 2.47. The molecule has 0 atom stereocenters. The maximum atomic E-state index is 10.5. The van der Waals surface area contributed by atoms with Crippen LogP contribution in [0.3, 0.4) is 0 Å². The Balaban J connectivity index is 2.12. The van der Waals surface area contributed by atoms with Crippen LogP contribution in [0.5, 0.6) is 0 Å². The van der Waals surface area contributed by atoms with Crippen molar-refractivity contribution in [1.82, 2.24) is 9.97 Å². The summed E-state index contributed by atoms with van der Waals surface area (Å²) < 4.78 is 5.30. The van der Waals surface area contributed by atoms with Crippen LogP contribution in [0.4, 0.5) is 11.6 Å². The first kappa shape index (κ1) is 16.0. The van der Waals surface area contributed by atoms with Crippen LogP contribution >= 0.6 is 0 Å². The van der Waals surface area contributed by atoms with Gasteiger partial charge in [-0.15, -0.1) is 0 Å². The molecule has 3 N–H and O–H groups in total. The predicted octanol–water partition coefficient (Wildman–Crippen LogP) is 1.73. The molecule has 1 fully saturated rings. The first-order valence-electron chi connectivity index (χ1n) is 7.73. The van der Waals surface area contributed by atoms with E-state index in [9.17, 15) is 5.11 Å². The second kappa shape index (κ2) is 7.04. The van der Waals surface area contributed by atoms with E-state index in [-0.39, 0.29) is 0 Å². The van der Waals surface area contributed by atoms with Crippen molar-refractivity contribution in [2.45, 2.75) is 45.6 Å². The van der Waals surface area contributed by atoms with Crippen LogP contribution in [0.25, 0.3) is 0 Å². The third-order valence-electron chi connectivity index (χ3n) is 3.86. The third kappa shape index (κ3) is 4.04. The van der Waals surface area contributed by atoms with Crippen LogP contribution in [0, 0.1) is 6.92 Å². The number of rotatable bonds is 6. The van der Waals surface area contributed by atoms with E-state index in [1.807, 2.05) is 20.8 Å². The Morgan fingerprint density at radius 1 is 1.14 bits per heavy atom. The van der Waals surface area contributed by atoms with E-state index in [0.717, 1.165) is 36.0 Å². The minimum atomic E-state index is -0.708. The molecule has 6 heteroatoms. The van der Waals surface area contributed by atoms with Gasteiger partial charge >= 0.3 is 0 Å². The van der Waals surface area contributed by atoms with Gasteiger partial charge in [0, 0.05) is 51.1 Å². The molecule has 6 nitrogen and oxygen atoms in total. The molecule has 21 heavy (non-hydrogen) atoms. The molecule has 1 aromatic heterocycles. The number of aromatic nitrogens is 2. The van der Waals surface area contributed by atoms with Gasteiger partial charge in [-0.2, -0.15) is 0 Å². The second-order valence-corrected chi connectivity index (χ2v) is 5.54. The van der Waals surface area contributed by atoms with Gasteiger partial charge in [-0.05, 0) is 13.8 Å².